The molecule has 0 bridgehead atoms. The maximum atomic E-state index is 11.6. The zero-order chi connectivity index (χ0) is 12.3. The van der Waals surface area contributed by atoms with Crippen LogP contribution in [0.4, 0.5) is 0 Å². The summed E-state index contributed by atoms with van der Waals surface area (Å²) in [6.07, 6.45) is 2.00. The van der Waals surface area contributed by atoms with Crippen molar-refractivity contribution in [2.24, 2.45) is 17.2 Å². The van der Waals surface area contributed by atoms with Crippen LogP contribution in [0.3, 0.4) is 0 Å². The lowest BCUT2D eigenvalue weighted by Gasteiger charge is -2.29. The van der Waals surface area contributed by atoms with Crippen molar-refractivity contribution in [2.45, 2.75) is 46.6 Å². The maximum Gasteiger partial charge on any atom is 0.251 e. The van der Waals surface area contributed by atoms with Crippen LogP contribution in [0.25, 0.3) is 0 Å². The average molecular weight is 227 g/mol. The highest BCUT2D eigenvalue weighted by molar-refractivity contribution is 5.81. The first-order valence-electron chi connectivity index (χ1n) is 6.14. The molecule has 1 amide bonds. The number of likely N-dealkylation sites (tertiary alicyclic amines) is 1. The summed E-state index contributed by atoms with van der Waals surface area (Å²) in [5, 5.41) is 0. The van der Waals surface area contributed by atoms with Crippen molar-refractivity contribution in [3.63, 3.8) is 0 Å². The van der Waals surface area contributed by atoms with Crippen LogP contribution in [0.15, 0.2) is 0 Å². The first-order chi connectivity index (χ1) is 7.40. The van der Waals surface area contributed by atoms with E-state index in [2.05, 4.69) is 31.1 Å². The highest BCUT2D eigenvalue weighted by Gasteiger charge is 2.36. The summed E-state index contributed by atoms with van der Waals surface area (Å²) in [6, 6.07) is -0.0580. The SMILES string of the molecule is CCC(C(=O)NN)N1CCC(C(C)(C)C)C1. The number of hydrogen-bond donors (Lipinski definition) is 2. The molecule has 1 aliphatic rings. The fourth-order valence-electron chi connectivity index (χ4n) is 2.48. The summed E-state index contributed by atoms with van der Waals surface area (Å²) < 4.78 is 0. The molecule has 0 spiro atoms. The molecule has 1 fully saturated rings. The fourth-order valence-corrected chi connectivity index (χ4v) is 2.48. The van der Waals surface area contributed by atoms with Crippen molar-refractivity contribution < 1.29 is 4.79 Å². The summed E-state index contributed by atoms with van der Waals surface area (Å²) in [6.45, 7) is 10.9. The minimum absolute atomic E-state index is 0.0580. The molecule has 2 unspecified atom stereocenters. The Morgan fingerprint density at radius 3 is 2.56 bits per heavy atom. The van der Waals surface area contributed by atoms with Gasteiger partial charge in [-0.05, 0) is 30.7 Å². The smallest absolute Gasteiger partial charge is 0.251 e. The summed E-state index contributed by atoms with van der Waals surface area (Å²) in [5.74, 6) is 5.83. The number of rotatable bonds is 3. The molecular formula is C12H25N3O. The van der Waals surface area contributed by atoms with Crippen LogP contribution in [0.5, 0.6) is 0 Å². The van der Waals surface area contributed by atoms with Gasteiger partial charge in [-0.1, -0.05) is 27.7 Å². The molecule has 0 aromatic heterocycles. The summed E-state index contributed by atoms with van der Waals surface area (Å²) >= 11 is 0. The molecule has 3 N–H and O–H groups in total. The molecule has 1 rings (SSSR count). The maximum absolute atomic E-state index is 11.6. The highest BCUT2D eigenvalue weighted by atomic mass is 16.2. The van der Waals surface area contributed by atoms with Crippen LogP contribution in [-0.4, -0.2) is 29.9 Å². The van der Waals surface area contributed by atoms with Crippen molar-refractivity contribution in [1.82, 2.24) is 10.3 Å². The van der Waals surface area contributed by atoms with E-state index in [1.807, 2.05) is 6.92 Å². The number of carbonyl (C=O) groups excluding carboxylic acids is 1. The van der Waals surface area contributed by atoms with E-state index in [-0.39, 0.29) is 11.9 Å². The number of carbonyl (C=O) groups is 1. The number of nitrogens with two attached hydrogens (primary N) is 1. The average Bonchev–Trinajstić information content (AvgIpc) is 2.67. The normalized spacial score (nSPS) is 24.4. The number of hydrogen-bond acceptors (Lipinski definition) is 3. The molecule has 1 heterocycles. The summed E-state index contributed by atoms with van der Waals surface area (Å²) in [5.41, 5.74) is 2.59. The molecule has 4 nitrogen and oxygen atoms in total. The zero-order valence-electron chi connectivity index (χ0n) is 10.9. The van der Waals surface area contributed by atoms with E-state index in [1.54, 1.807) is 0 Å². The van der Waals surface area contributed by atoms with Crippen LogP contribution in [0.1, 0.15) is 40.5 Å². The molecule has 0 aromatic carbocycles. The Labute approximate surface area is 98.5 Å². The Balaban J connectivity index is 2.60. The number of amides is 1. The second kappa shape index (κ2) is 5.15. The Hall–Kier alpha value is -0.610. The molecule has 0 radical (unpaired) electrons. The topological polar surface area (TPSA) is 58.4 Å². The number of hydrazine groups is 1. The fraction of sp³-hybridized carbons (Fsp3) is 0.917. The Bertz CT molecular complexity index is 247. The Kier molecular flexibility index (Phi) is 4.33. The van der Waals surface area contributed by atoms with Gasteiger partial charge in [0.05, 0.1) is 6.04 Å². The predicted molar refractivity (Wildman–Crippen MR) is 65.5 cm³/mol. The highest BCUT2D eigenvalue weighted by Crippen LogP contribution is 2.34. The van der Waals surface area contributed by atoms with E-state index < -0.39 is 0 Å². The Morgan fingerprint density at radius 1 is 1.56 bits per heavy atom. The lowest BCUT2D eigenvalue weighted by atomic mass is 9.80. The lowest BCUT2D eigenvalue weighted by Crippen LogP contribution is -2.48. The molecule has 1 aliphatic heterocycles. The lowest BCUT2D eigenvalue weighted by molar-refractivity contribution is -0.126. The van der Waals surface area contributed by atoms with Gasteiger partial charge in [-0.15, -0.1) is 0 Å². The van der Waals surface area contributed by atoms with E-state index in [9.17, 15) is 4.79 Å². The van der Waals surface area contributed by atoms with Gasteiger partial charge in [0.25, 0.3) is 5.91 Å². The first kappa shape index (κ1) is 13.5. The van der Waals surface area contributed by atoms with Gasteiger partial charge in [0.15, 0.2) is 0 Å². The van der Waals surface area contributed by atoms with Crippen molar-refractivity contribution in [1.29, 1.82) is 0 Å². The monoisotopic (exact) mass is 227 g/mol. The van der Waals surface area contributed by atoms with Gasteiger partial charge in [-0.25, -0.2) is 5.84 Å². The van der Waals surface area contributed by atoms with Gasteiger partial charge in [-0.3, -0.25) is 15.1 Å². The summed E-state index contributed by atoms with van der Waals surface area (Å²) in [4.78, 5) is 13.9. The molecule has 16 heavy (non-hydrogen) atoms. The molecule has 0 aromatic rings. The third-order valence-corrected chi connectivity index (χ3v) is 3.72. The van der Waals surface area contributed by atoms with Crippen molar-refractivity contribution >= 4 is 5.91 Å². The molecule has 1 saturated heterocycles. The van der Waals surface area contributed by atoms with E-state index in [1.165, 1.54) is 6.42 Å². The van der Waals surface area contributed by atoms with Crippen LogP contribution in [-0.2, 0) is 4.79 Å². The third-order valence-electron chi connectivity index (χ3n) is 3.72. The van der Waals surface area contributed by atoms with E-state index >= 15 is 0 Å². The quantitative estimate of drug-likeness (QED) is 0.431. The number of nitrogens with zero attached hydrogens (tertiary/aromatic N) is 1. The molecule has 2 atom stereocenters. The number of nitrogens with one attached hydrogen (secondary N) is 1. The summed E-state index contributed by atoms with van der Waals surface area (Å²) in [7, 11) is 0. The van der Waals surface area contributed by atoms with Gasteiger partial charge in [0, 0.05) is 6.54 Å². The van der Waals surface area contributed by atoms with Crippen LogP contribution in [0.2, 0.25) is 0 Å². The van der Waals surface area contributed by atoms with Gasteiger partial charge in [0.2, 0.25) is 0 Å². The minimum atomic E-state index is -0.0583. The van der Waals surface area contributed by atoms with E-state index in [0.717, 1.165) is 19.5 Å². The van der Waals surface area contributed by atoms with Crippen LogP contribution < -0.4 is 11.3 Å². The first-order valence-corrected chi connectivity index (χ1v) is 6.14. The van der Waals surface area contributed by atoms with E-state index in [0.29, 0.717) is 11.3 Å². The second-order valence-corrected chi connectivity index (χ2v) is 5.78. The molecule has 0 saturated carbocycles. The molecule has 4 heteroatoms. The van der Waals surface area contributed by atoms with Gasteiger partial charge in [-0.2, -0.15) is 0 Å². The van der Waals surface area contributed by atoms with E-state index in [4.69, 9.17) is 5.84 Å². The largest absolute Gasteiger partial charge is 0.293 e. The van der Waals surface area contributed by atoms with Gasteiger partial charge < -0.3 is 0 Å². The molecule has 94 valence electrons. The van der Waals surface area contributed by atoms with Gasteiger partial charge >= 0.3 is 0 Å². The second-order valence-electron chi connectivity index (χ2n) is 5.78. The van der Waals surface area contributed by atoms with Crippen LogP contribution >= 0.6 is 0 Å². The molecule has 0 aliphatic carbocycles. The van der Waals surface area contributed by atoms with Crippen molar-refractivity contribution in [3.8, 4) is 0 Å². The predicted octanol–water partition coefficient (Wildman–Crippen LogP) is 1.12. The third kappa shape index (κ3) is 2.95. The van der Waals surface area contributed by atoms with Gasteiger partial charge in [0.1, 0.15) is 0 Å². The van der Waals surface area contributed by atoms with Crippen LogP contribution in [0, 0.1) is 11.3 Å². The standard InChI is InChI=1S/C12H25N3O/c1-5-10(11(16)14-13)15-7-6-9(8-15)12(2,3)4/h9-10H,5-8,13H2,1-4H3,(H,14,16). The minimum Gasteiger partial charge on any atom is -0.293 e. The Morgan fingerprint density at radius 2 is 2.19 bits per heavy atom. The van der Waals surface area contributed by atoms with Crippen molar-refractivity contribution in [3.05, 3.63) is 0 Å². The molecular weight excluding hydrogens is 202 g/mol. The van der Waals surface area contributed by atoms with Crippen molar-refractivity contribution in [2.75, 3.05) is 13.1 Å². The zero-order valence-corrected chi connectivity index (χ0v) is 10.9.